The zero-order valence-corrected chi connectivity index (χ0v) is 8.17. The molecule has 0 amide bonds. The van der Waals surface area contributed by atoms with Crippen LogP contribution in [0.25, 0.3) is 0 Å². The number of hydrogen-bond acceptors (Lipinski definition) is 1. The van der Waals surface area contributed by atoms with Crippen LogP contribution in [0, 0.1) is 0 Å². The molecule has 0 unspecified atom stereocenters. The first-order chi connectivity index (χ1) is 5.74. The van der Waals surface area contributed by atoms with Gasteiger partial charge in [-0.25, -0.2) is 0 Å². The summed E-state index contributed by atoms with van der Waals surface area (Å²) in [5.74, 6) is 0. The molecule has 0 bridgehead atoms. The van der Waals surface area contributed by atoms with Gasteiger partial charge in [0.25, 0.3) is 0 Å². The third kappa shape index (κ3) is 2.26. The average molecular weight is 163 g/mol. The summed E-state index contributed by atoms with van der Waals surface area (Å²) in [6.45, 7) is 5.35. The number of hydrogen-bond donors (Lipinski definition) is 0. The molecule has 0 aromatic rings. The molecule has 0 N–H and O–H groups in total. The van der Waals surface area contributed by atoms with Gasteiger partial charge < -0.3 is 4.90 Å². The summed E-state index contributed by atoms with van der Waals surface area (Å²) in [5.41, 5.74) is 2.74. The Labute approximate surface area is 75.1 Å². The normalized spacial score (nSPS) is 20.8. The van der Waals surface area contributed by atoms with E-state index in [0.29, 0.717) is 0 Å². The summed E-state index contributed by atoms with van der Waals surface area (Å²) in [4.78, 5) is 2.25. The SMILES string of the molecule is CCC1=C/C=C\CN(C)C(C)=C1. The monoisotopic (exact) mass is 163 g/mol. The van der Waals surface area contributed by atoms with Crippen LogP contribution in [0.2, 0.25) is 0 Å². The maximum absolute atomic E-state index is 2.25. The van der Waals surface area contributed by atoms with Gasteiger partial charge in [0.05, 0.1) is 0 Å². The van der Waals surface area contributed by atoms with E-state index in [9.17, 15) is 0 Å². The van der Waals surface area contributed by atoms with Crippen molar-refractivity contribution in [2.24, 2.45) is 0 Å². The lowest BCUT2D eigenvalue weighted by Gasteiger charge is -2.19. The van der Waals surface area contributed by atoms with E-state index in [4.69, 9.17) is 0 Å². The summed E-state index contributed by atoms with van der Waals surface area (Å²) < 4.78 is 0. The fourth-order valence-electron chi connectivity index (χ4n) is 1.20. The van der Waals surface area contributed by atoms with Crippen LogP contribution in [-0.4, -0.2) is 18.5 Å². The second kappa shape index (κ2) is 4.15. The van der Waals surface area contributed by atoms with Crippen LogP contribution >= 0.6 is 0 Å². The third-order valence-corrected chi connectivity index (χ3v) is 2.23. The predicted molar refractivity (Wildman–Crippen MR) is 53.9 cm³/mol. The second-order valence-corrected chi connectivity index (χ2v) is 3.19. The van der Waals surface area contributed by atoms with Gasteiger partial charge >= 0.3 is 0 Å². The zero-order chi connectivity index (χ0) is 8.97. The van der Waals surface area contributed by atoms with E-state index in [0.717, 1.165) is 13.0 Å². The molecule has 1 heteroatoms. The molecule has 1 rings (SSSR count). The molecule has 1 aliphatic rings. The molecule has 0 atom stereocenters. The van der Waals surface area contributed by atoms with E-state index < -0.39 is 0 Å². The molecule has 1 heterocycles. The van der Waals surface area contributed by atoms with Crippen molar-refractivity contribution in [2.75, 3.05) is 13.6 Å². The molecule has 0 spiro atoms. The number of rotatable bonds is 1. The summed E-state index contributed by atoms with van der Waals surface area (Å²) >= 11 is 0. The molecule has 1 nitrogen and oxygen atoms in total. The highest BCUT2D eigenvalue weighted by molar-refractivity contribution is 5.27. The maximum Gasteiger partial charge on any atom is 0.0356 e. The van der Waals surface area contributed by atoms with Crippen LogP contribution in [-0.2, 0) is 0 Å². The molecule has 0 radical (unpaired) electrons. The highest BCUT2D eigenvalue weighted by atomic mass is 15.1. The first-order valence-corrected chi connectivity index (χ1v) is 4.49. The van der Waals surface area contributed by atoms with Crippen LogP contribution in [0.5, 0.6) is 0 Å². The van der Waals surface area contributed by atoms with Gasteiger partial charge in [0.2, 0.25) is 0 Å². The molecule has 0 fully saturated rings. The lowest BCUT2D eigenvalue weighted by atomic mass is 10.1. The molecule has 66 valence electrons. The minimum atomic E-state index is 1.01. The minimum Gasteiger partial charge on any atom is -0.374 e. The average Bonchev–Trinajstić information content (AvgIpc) is 2.06. The van der Waals surface area contributed by atoms with Gasteiger partial charge in [-0.05, 0) is 25.0 Å². The zero-order valence-electron chi connectivity index (χ0n) is 8.17. The van der Waals surface area contributed by atoms with Crippen LogP contribution in [0.3, 0.4) is 0 Å². The van der Waals surface area contributed by atoms with Gasteiger partial charge in [0, 0.05) is 19.3 Å². The summed E-state index contributed by atoms with van der Waals surface area (Å²) in [7, 11) is 2.12. The maximum atomic E-state index is 2.25. The van der Waals surface area contributed by atoms with Crippen molar-refractivity contribution in [2.45, 2.75) is 20.3 Å². The van der Waals surface area contributed by atoms with Crippen molar-refractivity contribution in [3.63, 3.8) is 0 Å². The molecule has 1 aliphatic heterocycles. The highest BCUT2D eigenvalue weighted by Crippen LogP contribution is 2.11. The van der Waals surface area contributed by atoms with Crippen molar-refractivity contribution in [1.82, 2.24) is 4.90 Å². The van der Waals surface area contributed by atoms with E-state index in [1.54, 1.807) is 0 Å². The van der Waals surface area contributed by atoms with Gasteiger partial charge in [0.1, 0.15) is 0 Å². The molecular formula is C11H17N. The van der Waals surface area contributed by atoms with Crippen molar-refractivity contribution < 1.29 is 0 Å². The summed E-state index contributed by atoms with van der Waals surface area (Å²) in [5, 5.41) is 0. The Morgan fingerprint density at radius 1 is 1.50 bits per heavy atom. The van der Waals surface area contributed by atoms with Gasteiger partial charge in [-0.2, -0.15) is 0 Å². The first-order valence-electron chi connectivity index (χ1n) is 4.49. The predicted octanol–water partition coefficient (Wildman–Crippen LogP) is 2.73. The Morgan fingerprint density at radius 3 is 2.92 bits per heavy atom. The molecule has 0 saturated carbocycles. The van der Waals surface area contributed by atoms with E-state index >= 15 is 0 Å². The quantitative estimate of drug-likeness (QED) is 0.574. The van der Waals surface area contributed by atoms with Crippen LogP contribution < -0.4 is 0 Å². The topological polar surface area (TPSA) is 3.24 Å². The molecule has 0 aliphatic carbocycles. The Balaban J connectivity index is 2.87. The van der Waals surface area contributed by atoms with Crippen molar-refractivity contribution in [3.05, 3.63) is 35.6 Å². The van der Waals surface area contributed by atoms with Gasteiger partial charge in [-0.3, -0.25) is 0 Å². The number of allylic oxidation sites excluding steroid dienone is 5. The molecule has 0 aromatic heterocycles. The molecule has 0 aromatic carbocycles. The standard InChI is InChI=1S/C11H17N/c1-4-11-7-5-6-8-12(3)10(2)9-11/h5-7,9H,4,8H2,1-3H3/b6-5-,10-9?,11-7?. The van der Waals surface area contributed by atoms with Gasteiger partial charge in [0.15, 0.2) is 0 Å². The van der Waals surface area contributed by atoms with Crippen molar-refractivity contribution in [3.8, 4) is 0 Å². The van der Waals surface area contributed by atoms with Crippen LogP contribution in [0.15, 0.2) is 35.6 Å². The summed E-state index contributed by atoms with van der Waals surface area (Å²) in [6, 6.07) is 0. The number of likely N-dealkylation sites (N-methyl/N-ethyl adjacent to an activating group) is 1. The minimum absolute atomic E-state index is 1.01. The van der Waals surface area contributed by atoms with Gasteiger partial charge in [-0.15, -0.1) is 0 Å². The van der Waals surface area contributed by atoms with Crippen molar-refractivity contribution >= 4 is 0 Å². The molecule has 12 heavy (non-hydrogen) atoms. The van der Waals surface area contributed by atoms with Crippen LogP contribution in [0.1, 0.15) is 20.3 Å². The Morgan fingerprint density at radius 2 is 2.25 bits per heavy atom. The fourth-order valence-corrected chi connectivity index (χ4v) is 1.20. The lowest BCUT2D eigenvalue weighted by Crippen LogP contribution is -2.16. The molecular weight excluding hydrogens is 146 g/mol. The first kappa shape index (κ1) is 9.11. The van der Waals surface area contributed by atoms with E-state index in [1.807, 2.05) is 0 Å². The Hall–Kier alpha value is -0.980. The van der Waals surface area contributed by atoms with E-state index in [1.165, 1.54) is 11.3 Å². The second-order valence-electron chi connectivity index (χ2n) is 3.19. The molecule has 0 saturated heterocycles. The number of nitrogens with zero attached hydrogens (tertiary/aromatic N) is 1. The van der Waals surface area contributed by atoms with Crippen molar-refractivity contribution in [1.29, 1.82) is 0 Å². The Kier molecular flexibility index (Phi) is 3.15. The van der Waals surface area contributed by atoms with Gasteiger partial charge in [-0.1, -0.05) is 25.2 Å². The fraction of sp³-hybridized carbons (Fsp3) is 0.455. The van der Waals surface area contributed by atoms with Crippen LogP contribution in [0.4, 0.5) is 0 Å². The Bertz CT molecular complexity index is 233. The summed E-state index contributed by atoms with van der Waals surface area (Å²) in [6.07, 6.45) is 9.87. The van der Waals surface area contributed by atoms with E-state index in [-0.39, 0.29) is 0 Å². The smallest absolute Gasteiger partial charge is 0.0356 e. The third-order valence-electron chi connectivity index (χ3n) is 2.23. The van der Waals surface area contributed by atoms with E-state index in [2.05, 4.69) is 50.1 Å². The largest absolute Gasteiger partial charge is 0.374 e. The lowest BCUT2D eigenvalue weighted by molar-refractivity contribution is 0.464. The highest BCUT2D eigenvalue weighted by Gasteiger charge is 1.99.